The molecule has 2 saturated heterocycles. The van der Waals surface area contributed by atoms with Crippen molar-refractivity contribution in [3.8, 4) is 0 Å². The molecule has 2 atom stereocenters. The number of hydrogen-bond donors (Lipinski definition) is 0. The Bertz CT molecular complexity index is 437. The minimum atomic E-state index is -0.0225. The predicted molar refractivity (Wildman–Crippen MR) is 73.9 cm³/mol. The highest BCUT2D eigenvalue weighted by atomic mass is 16.6. The van der Waals surface area contributed by atoms with Crippen LogP contribution in [0.5, 0.6) is 0 Å². The van der Waals surface area contributed by atoms with Crippen LogP contribution in [0.2, 0.25) is 0 Å². The third kappa shape index (κ3) is 2.66. The van der Waals surface area contributed by atoms with Gasteiger partial charge in [-0.05, 0) is 44.3 Å². The predicted octanol–water partition coefficient (Wildman–Crippen LogP) is 2.57. The van der Waals surface area contributed by atoms with Gasteiger partial charge in [0.2, 0.25) is 0 Å². The highest BCUT2D eigenvalue weighted by Crippen LogP contribution is 2.31. The quantitative estimate of drug-likeness (QED) is 0.765. The fraction of sp³-hybridized carbons (Fsp3) is 0.562. The molecule has 2 aliphatic rings. The molecule has 0 aliphatic carbocycles. The van der Waals surface area contributed by atoms with Crippen molar-refractivity contribution in [3.05, 3.63) is 35.9 Å². The summed E-state index contributed by atoms with van der Waals surface area (Å²) in [6.45, 7) is 3.99. The summed E-state index contributed by atoms with van der Waals surface area (Å²) in [5, 5.41) is 0. The summed E-state index contributed by atoms with van der Waals surface area (Å²) in [6, 6.07) is 10.7. The first-order valence-corrected chi connectivity index (χ1v) is 7.23. The average molecular weight is 259 g/mol. The number of piperidine rings is 1. The van der Waals surface area contributed by atoms with Crippen molar-refractivity contribution in [1.29, 1.82) is 0 Å². The van der Waals surface area contributed by atoms with Crippen molar-refractivity contribution in [2.75, 3.05) is 13.1 Å². The number of carbonyl (C=O) groups excluding carboxylic acids is 1. The molecule has 0 aromatic heterocycles. The number of benzene rings is 1. The van der Waals surface area contributed by atoms with E-state index < -0.39 is 0 Å². The second kappa shape index (κ2) is 5.33. The van der Waals surface area contributed by atoms with E-state index in [1.54, 1.807) is 0 Å². The van der Waals surface area contributed by atoms with Gasteiger partial charge >= 0.3 is 5.97 Å². The minimum absolute atomic E-state index is 0.00623. The molecule has 0 amide bonds. The topological polar surface area (TPSA) is 29.5 Å². The van der Waals surface area contributed by atoms with Gasteiger partial charge in [0.05, 0.1) is 0 Å². The Hall–Kier alpha value is -1.35. The summed E-state index contributed by atoms with van der Waals surface area (Å²) >= 11 is 0. The van der Waals surface area contributed by atoms with Crippen LogP contribution in [-0.2, 0) is 9.53 Å². The average Bonchev–Trinajstić information content (AvgIpc) is 2.79. The molecule has 0 radical (unpaired) electrons. The number of carbonyl (C=O) groups is 1. The highest BCUT2D eigenvalue weighted by molar-refractivity contribution is 5.78. The summed E-state index contributed by atoms with van der Waals surface area (Å²) in [5.41, 5.74) is 1.43. The highest BCUT2D eigenvalue weighted by Gasteiger charge is 2.37. The van der Waals surface area contributed by atoms with Gasteiger partial charge in [-0.25, -0.2) is 0 Å². The Morgan fingerprint density at radius 3 is 2.42 bits per heavy atom. The number of esters is 1. The standard InChI is InChI=1S/C16H21NO2/c1-12-11-15(16(18)19-12)17-9-7-14(8-10-17)13-5-3-2-4-6-13/h2-6,12,14-15H,7-11H2,1H3/t12-,15-/m1/s1. The Balaban J connectivity index is 1.59. The van der Waals surface area contributed by atoms with E-state index in [9.17, 15) is 4.79 Å². The Kier molecular flexibility index (Phi) is 3.56. The maximum atomic E-state index is 11.8. The molecule has 0 N–H and O–H groups in total. The number of hydrogen-bond acceptors (Lipinski definition) is 3. The van der Waals surface area contributed by atoms with Crippen LogP contribution in [0.25, 0.3) is 0 Å². The lowest BCUT2D eigenvalue weighted by Crippen LogP contribution is -2.43. The Morgan fingerprint density at radius 1 is 1.16 bits per heavy atom. The third-order valence-electron chi connectivity index (χ3n) is 4.39. The summed E-state index contributed by atoms with van der Waals surface area (Å²) in [4.78, 5) is 14.1. The van der Waals surface area contributed by atoms with Crippen LogP contribution in [0.1, 0.15) is 37.7 Å². The van der Waals surface area contributed by atoms with Gasteiger partial charge in [0, 0.05) is 6.42 Å². The van der Waals surface area contributed by atoms with Crippen molar-refractivity contribution in [2.45, 2.75) is 44.2 Å². The number of ether oxygens (including phenoxy) is 1. The van der Waals surface area contributed by atoms with E-state index >= 15 is 0 Å². The fourth-order valence-electron chi connectivity index (χ4n) is 3.30. The fourth-order valence-corrected chi connectivity index (χ4v) is 3.30. The van der Waals surface area contributed by atoms with Crippen molar-refractivity contribution in [2.24, 2.45) is 0 Å². The monoisotopic (exact) mass is 259 g/mol. The molecule has 3 rings (SSSR count). The smallest absolute Gasteiger partial charge is 0.323 e. The van der Waals surface area contributed by atoms with Gasteiger partial charge in [0.25, 0.3) is 0 Å². The van der Waals surface area contributed by atoms with Gasteiger partial charge < -0.3 is 4.74 Å². The van der Waals surface area contributed by atoms with Crippen molar-refractivity contribution in [3.63, 3.8) is 0 Å². The zero-order chi connectivity index (χ0) is 13.2. The lowest BCUT2D eigenvalue weighted by molar-refractivity contribution is -0.145. The van der Waals surface area contributed by atoms with Crippen LogP contribution in [0, 0.1) is 0 Å². The van der Waals surface area contributed by atoms with Gasteiger partial charge in [-0.2, -0.15) is 0 Å². The molecule has 102 valence electrons. The molecule has 2 aliphatic heterocycles. The second-order valence-electron chi connectivity index (χ2n) is 5.72. The van der Waals surface area contributed by atoms with Crippen molar-refractivity contribution < 1.29 is 9.53 Å². The van der Waals surface area contributed by atoms with E-state index in [0.717, 1.165) is 32.4 Å². The largest absolute Gasteiger partial charge is 0.461 e. The summed E-state index contributed by atoms with van der Waals surface area (Å²) < 4.78 is 5.26. The first-order valence-electron chi connectivity index (χ1n) is 7.23. The third-order valence-corrected chi connectivity index (χ3v) is 4.39. The van der Waals surface area contributed by atoms with E-state index in [0.29, 0.717) is 5.92 Å². The van der Waals surface area contributed by atoms with Gasteiger partial charge in [0.1, 0.15) is 12.1 Å². The van der Waals surface area contributed by atoms with Crippen LogP contribution in [0.4, 0.5) is 0 Å². The molecule has 0 spiro atoms. The molecule has 3 nitrogen and oxygen atoms in total. The van der Waals surface area contributed by atoms with Gasteiger partial charge in [-0.15, -0.1) is 0 Å². The minimum Gasteiger partial charge on any atom is -0.461 e. The van der Waals surface area contributed by atoms with E-state index in [1.165, 1.54) is 5.56 Å². The van der Waals surface area contributed by atoms with E-state index in [2.05, 4.69) is 35.2 Å². The molecule has 3 heteroatoms. The van der Waals surface area contributed by atoms with Gasteiger partial charge in [-0.1, -0.05) is 30.3 Å². The molecule has 19 heavy (non-hydrogen) atoms. The molecule has 1 aromatic carbocycles. The van der Waals surface area contributed by atoms with E-state index in [1.807, 2.05) is 6.92 Å². The molecule has 0 bridgehead atoms. The summed E-state index contributed by atoms with van der Waals surface area (Å²) in [6.07, 6.45) is 3.23. The van der Waals surface area contributed by atoms with Crippen LogP contribution in [0.3, 0.4) is 0 Å². The molecule has 0 saturated carbocycles. The van der Waals surface area contributed by atoms with Crippen LogP contribution in [-0.4, -0.2) is 36.1 Å². The summed E-state index contributed by atoms with van der Waals surface area (Å²) in [5.74, 6) is 0.623. The van der Waals surface area contributed by atoms with Crippen LogP contribution < -0.4 is 0 Å². The number of rotatable bonds is 2. The normalized spacial score (nSPS) is 29.4. The molecule has 2 heterocycles. The maximum Gasteiger partial charge on any atom is 0.323 e. The Morgan fingerprint density at radius 2 is 1.84 bits per heavy atom. The van der Waals surface area contributed by atoms with Crippen molar-refractivity contribution in [1.82, 2.24) is 4.90 Å². The zero-order valence-electron chi connectivity index (χ0n) is 11.4. The first-order chi connectivity index (χ1) is 9.24. The number of nitrogens with zero attached hydrogens (tertiary/aromatic N) is 1. The molecule has 0 unspecified atom stereocenters. The lowest BCUT2D eigenvalue weighted by Gasteiger charge is -2.34. The van der Waals surface area contributed by atoms with Crippen LogP contribution >= 0.6 is 0 Å². The SMILES string of the molecule is C[C@@H]1C[C@@H](N2CCC(c3ccccc3)CC2)C(=O)O1. The molecular weight excluding hydrogens is 238 g/mol. The van der Waals surface area contributed by atoms with Crippen molar-refractivity contribution >= 4 is 5.97 Å². The lowest BCUT2D eigenvalue weighted by atomic mass is 9.89. The molecule has 1 aromatic rings. The maximum absolute atomic E-state index is 11.8. The first kappa shape index (κ1) is 12.7. The zero-order valence-corrected chi connectivity index (χ0v) is 11.4. The second-order valence-corrected chi connectivity index (χ2v) is 5.72. The van der Waals surface area contributed by atoms with Crippen LogP contribution in [0.15, 0.2) is 30.3 Å². The summed E-state index contributed by atoms with van der Waals surface area (Å²) in [7, 11) is 0. The molecule has 2 fully saturated rings. The van der Waals surface area contributed by atoms with Gasteiger partial charge in [0.15, 0.2) is 0 Å². The number of cyclic esters (lactones) is 1. The van der Waals surface area contributed by atoms with E-state index in [-0.39, 0.29) is 18.1 Å². The number of likely N-dealkylation sites (tertiary alicyclic amines) is 1. The molecular formula is C16H21NO2. The van der Waals surface area contributed by atoms with E-state index in [4.69, 9.17) is 4.74 Å². The Labute approximate surface area is 114 Å². The van der Waals surface area contributed by atoms with Gasteiger partial charge in [-0.3, -0.25) is 9.69 Å².